The topological polar surface area (TPSA) is 46.2 Å². The van der Waals surface area contributed by atoms with Crippen molar-refractivity contribution in [1.82, 2.24) is 0 Å². The van der Waals surface area contributed by atoms with Crippen molar-refractivity contribution in [2.45, 2.75) is 63.9 Å². The van der Waals surface area contributed by atoms with Gasteiger partial charge >= 0.3 is 0 Å². The summed E-state index contributed by atoms with van der Waals surface area (Å²) >= 11 is 0. The van der Waals surface area contributed by atoms with Crippen LogP contribution in [0.5, 0.6) is 0 Å². The maximum Gasteiger partial charge on any atom is 0.189 e. The second kappa shape index (κ2) is 4.68. The van der Waals surface area contributed by atoms with Crippen molar-refractivity contribution in [1.29, 1.82) is 0 Å². The molecule has 0 amide bonds. The Kier molecular flexibility index (Phi) is 3.68. The Balaban J connectivity index is 2.02. The normalized spacial score (nSPS) is 40.0. The average Bonchev–Trinajstić information content (AvgIpc) is 2.77. The van der Waals surface area contributed by atoms with Gasteiger partial charge in [-0.15, -0.1) is 0 Å². The fourth-order valence-corrected chi connectivity index (χ4v) is 2.24. The molecule has 5 nitrogen and oxygen atoms in total. The third-order valence-corrected chi connectivity index (χ3v) is 3.02. The number of alkyl halides is 1. The SMILES string of the molecule is CO[C@@H]1OC(C)(C)O[C@@H]1C(F)[C@H]1COC(C)(C)O1. The van der Waals surface area contributed by atoms with Crippen LogP contribution in [-0.2, 0) is 23.7 Å². The summed E-state index contributed by atoms with van der Waals surface area (Å²) in [5.41, 5.74) is 0. The van der Waals surface area contributed by atoms with E-state index < -0.39 is 36.2 Å². The largest absolute Gasteiger partial charge is 0.353 e. The minimum Gasteiger partial charge on any atom is -0.353 e. The first-order chi connectivity index (χ1) is 8.24. The van der Waals surface area contributed by atoms with Gasteiger partial charge in [-0.2, -0.15) is 0 Å². The fraction of sp³-hybridized carbons (Fsp3) is 1.00. The zero-order valence-corrected chi connectivity index (χ0v) is 11.4. The van der Waals surface area contributed by atoms with Gasteiger partial charge in [0.1, 0.15) is 12.2 Å². The molecule has 1 unspecified atom stereocenters. The quantitative estimate of drug-likeness (QED) is 0.775. The molecule has 0 aromatic heterocycles. The zero-order chi connectivity index (χ0) is 13.6. The number of rotatable bonds is 3. The highest BCUT2D eigenvalue weighted by Crippen LogP contribution is 2.35. The van der Waals surface area contributed by atoms with Crippen molar-refractivity contribution in [2.75, 3.05) is 13.7 Å². The maximum absolute atomic E-state index is 14.4. The van der Waals surface area contributed by atoms with Crippen molar-refractivity contribution in [3.05, 3.63) is 0 Å². The van der Waals surface area contributed by atoms with Gasteiger partial charge in [-0.25, -0.2) is 4.39 Å². The summed E-state index contributed by atoms with van der Waals surface area (Å²) in [6.45, 7) is 7.15. The van der Waals surface area contributed by atoms with Crippen molar-refractivity contribution in [3.63, 3.8) is 0 Å². The fourth-order valence-electron chi connectivity index (χ4n) is 2.24. The molecule has 2 rings (SSSR count). The molecule has 2 heterocycles. The van der Waals surface area contributed by atoms with Crippen molar-refractivity contribution < 1.29 is 28.1 Å². The van der Waals surface area contributed by atoms with Crippen LogP contribution in [0.2, 0.25) is 0 Å². The van der Waals surface area contributed by atoms with Crippen molar-refractivity contribution in [3.8, 4) is 0 Å². The van der Waals surface area contributed by atoms with Crippen LogP contribution < -0.4 is 0 Å². The third-order valence-electron chi connectivity index (χ3n) is 3.02. The van der Waals surface area contributed by atoms with E-state index in [4.69, 9.17) is 23.7 Å². The van der Waals surface area contributed by atoms with Gasteiger partial charge in [0.2, 0.25) is 0 Å². The molecule has 18 heavy (non-hydrogen) atoms. The van der Waals surface area contributed by atoms with Gasteiger partial charge in [0.15, 0.2) is 24.0 Å². The monoisotopic (exact) mass is 264 g/mol. The lowest BCUT2D eigenvalue weighted by atomic mass is 10.1. The van der Waals surface area contributed by atoms with E-state index in [0.29, 0.717) is 0 Å². The Morgan fingerprint density at radius 3 is 2.28 bits per heavy atom. The molecule has 2 fully saturated rings. The Bertz CT molecular complexity index is 307. The van der Waals surface area contributed by atoms with Crippen LogP contribution >= 0.6 is 0 Å². The first-order valence-electron chi connectivity index (χ1n) is 6.08. The number of ether oxygens (including phenoxy) is 5. The van der Waals surface area contributed by atoms with Crippen LogP contribution in [0.3, 0.4) is 0 Å². The zero-order valence-electron chi connectivity index (χ0n) is 11.4. The number of hydrogen-bond donors (Lipinski definition) is 0. The molecular formula is C12H21FO5. The Morgan fingerprint density at radius 1 is 1.11 bits per heavy atom. The van der Waals surface area contributed by atoms with Gasteiger partial charge < -0.3 is 23.7 Å². The van der Waals surface area contributed by atoms with Gasteiger partial charge in [0, 0.05) is 7.11 Å². The molecule has 0 aromatic rings. The molecule has 4 atom stereocenters. The summed E-state index contributed by atoms with van der Waals surface area (Å²) in [6.07, 6.45) is -3.58. The Labute approximate surface area is 106 Å². The lowest BCUT2D eigenvalue weighted by Crippen LogP contribution is -2.42. The average molecular weight is 264 g/mol. The predicted octanol–water partition coefficient (Wildman–Crippen LogP) is 1.60. The molecule has 2 aliphatic heterocycles. The van der Waals surface area contributed by atoms with E-state index in [1.54, 1.807) is 27.7 Å². The van der Waals surface area contributed by atoms with Gasteiger partial charge in [-0.1, -0.05) is 0 Å². The number of hydrogen-bond acceptors (Lipinski definition) is 5. The van der Waals surface area contributed by atoms with E-state index in [-0.39, 0.29) is 6.61 Å². The van der Waals surface area contributed by atoms with E-state index in [1.165, 1.54) is 7.11 Å². The molecular weight excluding hydrogens is 243 g/mol. The molecule has 2 saturated heterocycles. The van der Waals surface area contributed by atoms with E-state index in [1.807, 2.05) is 0 Å². The second-order valence-corrected chi connectivity index (χ2v) is 5.52. The molecule has 0 N–H and O–H groups in total. The van der Waals surface area contributed by atoms with Gasteiger partial charge in [0.25, 0.3) is 0 Å². The van der Waals surface area contributed by atoms with E-state index >= 15 is 0 Å². The predicted molar refractivity (Wildman–Crippen MR) is 60.6 cm³/mol. The Hall–Kier alpha value is -0.270. The van der Waals surface area contributed by atoms with Gasteiger partial charge in [-0.05, 0) is 27.7 Å². The smallest absolute Gasteiger partial charge is 0.189 e. The van der Waals surface area contributed by atoms with Crippen LogP contribution in [0.15, 0.2) is 0 Å². The van der Waals surface area contributed by atoms with E-state index in [9.17, 15) is 4.39 Å². The van der Waals surface area contributed by atoms with Crippen LogP contribution in [-0.4, -0.2) is 50.0 Å². The molecule has 6 heteroatoms. The van der Waals surface area contributed by atoms with Crippen LogP contribution in [0.1, 0.15) is 27.7 Å². The molecule has 0 saturated carbocycles. The second-order valence-electron chi connectivity index (χ2n) is 5.52. The summed E-state index contributed by atoms with van der Waals surface area (Å²) in [6, 6.07) is 0. The first kappa shape index (κ1) is 14.1. The minimum atomic E-state index is -1.36. The third kappa shape index (κ3) is 2.83. The van der Waals surface area contributed by atoms with E-state index in [0.717, 1.165) is 0 Å². The lowest BCUT2D eigenvalue weighted by Gasteiger charge is -2.24. The van der Waals surface area contributed by atoms with Gasteiger partial charge in [-0.3, -0.25) is 0 Å². The van der Waals surface area contributed by atoms with Crippen LogP contribution in [0.25, 0.3) is 0 Å². The van der Waals surface area contributed by atoms with Crippen LogP contribution in [0, 0.1) is 0 Å². The Morgan fingerprint density at radius 2 is 1.78 bits per heavy atom. The minimum absolute atomic E-state index is 0.199. The lowest BCUT2D eigenvalue weighted by molar-refractivity contribution is -0.183. The highest BCUT2D eigenvalue weighted by molar-refractivity contribution is 4.89. The van der Waals surface area contributed by atoms with Gasteiger partial charge in [0.05, 0.1) is 6.61 Å². The van der Waals surface area contributed by atoms with Crippen molar-refractivity contribution >= 4 is 0 Å². The molecule has 0 aromatic carbocycles. The molecule has 0 aliphatic carbocycles. The molecule has 2 aliphatic rings. The molecule has 0 spiro atoms. The summed E-state index contributed by atoms with van der Waals surface area (Å²) in [5.74, 6) is -1.61. The maximum atomic E-state index is 14.4. The summed E-state index contributed by atoms with van der Waals surface area (Å²) in [4.78, 5) is 0. The van der Waals surface area contributed by atoms with E-state index in [2.05, 4.69) is 0 Å². The van der Waals surface area contributed by atoms with Crippen molar-refractivity contribution in [2.24, 2.45) is 0 Å². The summed E-state index contributed by atoms with van der Waals surface area (Å²) < 4.78 is 41.4. The van der Waals surface area contributed by atoms with Crippen LogP contribution in [0.4, 0.5) is 4.39 Å². The highest BCUT2D eigenvalue weighted by atomic mass is 19.1. The number of halogens is 1. The number of methoxy groups -OCH3 is 1. The summed E-state index contributed by atoms with van der Waals surface area (Å²) in [5, 5.41) is 0. The molecule has 0 radical (unpaired) electrons. The molecule has 106 valence electrons. The standard InChI is InChI=1S/C12H21FO5/c1-11(2)15-6-7(16-11)8(13)9-10(14-5)18-12(3,4)17-9/h7-10H,6H2,1-5H3/t7-,8?,9-,10-/m1/s1. The summed E-state index contributed by atoms with van der Waals surface area (Å²) in [7, 11) is 1.46. The highest BCUT2D eigenvalue weighted by Gasteiger charge is 2.51. The molecule has 0 bridgehead atoms. The first-order valence-corrected chi connectivity index (χ1v) is 6.08.